The standard InChI is InChI=1S/C25H29N5O2S/c1-4-21-26-25-30(27-21)24(31)23(33-25)22(18-7-5-6-17(2)16-18)29-14-12-28(13-15-29)19-8-10-20(32-3)11-9-19/h5-11,16,22,31H,4,12-15H2,1-3H3/t22-/m1/s1. The molecule has 1 fully saturated rings. The lowest BCUT2D eigenvalue weighted by Crippen LogP contribution is -2.47. The molecule has 0 radical (unpaired) electrons. The van der Waals surface area contributed by atoms with Crippen LogP contribution in [-0.4, -0.2) is 57.9 Å². The fourth-order valence-electron chi connectivity index (χ4n) is 4.52. The van der Waals surface area contributed by atoms with Crippen molar-refractivity contribution in [2.45, 2.75) is 26.3 Å². The molecule has 5 rings (SSSR count). The summed E-state index contributed by atoms with van der Waals surface area (Å²) in [5.74, 6) is 1.82. The number of aryl methyl sites for hydroxylation is 2. The van der Waals surface area contributed by atoms with Gasteiger partial charge in [-0.2, -0.15) is 4.52 Å². The van der Waals surface area contributed by atoms with Gasteiger partial charge >= 0.3 is 0 Å². The van der Waals surface area contributed by atoms with E-state index in [4.69, 9.17) is 4.74 Å². The summed E-state index contributed by atoms with van der Waals surface area (Å²) >= 11 is 1.53. The number of hydrogen-bond donors (Lipinski definition) is 1. The van der Waals surface area contributed by atoms with Crippen molar-refractivity contribution in [1.82, 2.24) is 19.5 Å². The Morgan fingerprint density at radius 3 is 2.48 bits per heavy atom. The first kappa shape index (κ1) is 21.7. The van der Waals surface area contributed by atoms with E-state index >= 15 is 0 Å². The quantitative estimate of drug-likeness (QED) is 0.460. The Bertz CT molecular complexity index is 1240. The van der Waals surface area contributed by atoms with Gasteiger partial charge in [-0.15, -0.1) is 5.10 Å². The van der Waals surface area contributed by atoms with Crippen molar-refractivity contribution >= 4 is 22.0 Å². The number of aromatic hydroxyl groups is 1. The molecule has 3 heterocycles. The predicted molar refractivity (Wildman–Crippen MR) is 132 cm³/mol. The number of methoxy groups -OCH3 is 1. The molecule has 2 aromatic carbocycles. The summed E-state index contributed by atoms with van der Waals surface area (Å²) in [5, 5.41) is 15.6. The number of ether oxygens (including phenoxy) is 1. The van der Waals surface area contributed by atoms with Gasteiger partial charge in [0.2, 0.25) is 10.8 Å². The molecule has 2 aromatic heterocycles. The van der Waals surface area contributed by atoms with E-state index in [0.717, 1.165) is 54.0 Å². The maximum absolute atomic E-state index is 11.1. The van der Waals surface area contributed by atoms with Crippen molar-refractivity contribution in [3.8, 4) is 11.6 Å². The Balaban J connectivity index is 1.44. The van der Waals surface area contributed by atoms with Gasteiger partial charge in [0.25, 0.3) is 0 Å². The normalized spacial score (nSPS) is 15.8. The maximum atomic E-state index is 11.1. The lowest BCUT2D eigenvalue weighted by Gasteiger charge is -2.40. The molecule has 1 aliphatic rings. The van der Waals surface area contributed by atoms with Crippen LogP contribution in [0.25, 0.3) is 4.96 Å². The molecule has 33 heavy (non-hydrogen) atoms. The number of nitrogens with zero attached hydrogens (tertiary/aromatic N) is 5. The van der Waals surface area contributed by atoms with E-state index in [9.17, 15) is 5.11 Å². The van der Waals surface area contributed by atoms with E-state index in [2.05, 4.69) is 63.2 Å². The van der Waals surface area contributed by atoms with Crippen LogP contribution in [0.5, 0.6) is 11.6 Å². The highest BCUT2D eigenvalue weighted by Gasteiger charge is 2.32. The zero-order valence-electron chi connectivity index (χ0n) is 19.2. The Hall–Kier alpha value is -3.10. The van der Waals surface area contributed by atoms with Gasteiger partial charge in [-0.05, 0) is 36.8 Å². The number of benzene rings is 2. The van der Waals surface area contributed by atoms with Crippen molar-refractivity contribution in [3.63, 3.8) is 0 Å². The summed E-state index contributed by atoms with van der Waals surface area (Å²) in [5.41, 5.74) is 3.60. The van der Waals surface area contributed by atoms with Gasteiger partial charge in [-0.1, -0.05) is 48.1 Å². The molecular formula is C25H29N5O2S. The zero-order valence-corrected chi connectivity index (χ0v) is 20.0. The number of anilines is 1. The van der Waals surface area contributed by atoms with Gasteiger partial charge in [-0.3, -0.25) is 4.90 Å². The molecule has 0 spiro atoms. The monoisotopic (exact) mass is 463 g/mol. The molecule has 0 unspecified atom stereocenters. The van der Waals surface area contributed by atoms with Crippen molar-refractivity contribution in [2.24, 2.45) is 0 Å². The van der Waals surface area contributed by atoms with Crippen LogP contribution in [0, 0.1) is 6.92 Å². The molecule has 4 aromatic rings. The summed E-state index contributed by atoms with van der Waals surface area (Å²) in [4.78, 5) is 11.1. The first-order valence-corrected chi connectivity index (χ1v) is 12.2. The third kappa shape index (κ3) is 4.16. The average molecular weight is 464 g/mol. The summed E-state index contributed by atoms with van der Waals surface area (Å²) in [7, 11) is 1.69. The molecule has 7 nitrogen and oxygen atoms in total. The summed E-state index contributed by atoms with van der Waals surface area (Å²) in [6.45, 7) is 7.73. The second-order valence-corrected chi connectivity index (χ2v) is 9.41. The van der Waals surface area contributed by atoms with Gasteiger partial charge in [0.05, 0.1) is 18.0 Å². The minimum atomic E-state index is -0.0403. The van der Waals surface area contributed by atoms with Crippen molar-refractivity contribution in [1.29, 1.82) is 0 Å². The molecule has 1 saturated heterocycles. The van der Waals surface area contributed by atoms with E-state index in [1.54, 1.807) is 11.6 Å². The number of aromatic nitrogens is 3. The predicted octanol–water partition coefficient (Wildman–Crippen LogP) is 4.29. The smallest absolute Gasteiger partial charge is 0.230 e. The van der Waals surface area contributed by atoms with E-state index in [1.807, 2.05) is 19.1 Å². The van der Waals surface area contributed by atoms with Gasteiger partial charge in [0.1, 0.15) is 5.75 Å². The molecule has 172 valence electrons. The highest BCUT2D eigenvalue weighted by Crippen LogP contribution is 2.40. The fourth-order valence-corrected chi connectivity index (χ4v) is 5.65. The van der Waals surface area contributed by atoms with Gasteiger partial charge in [0.15, 0.2) is 5.82 Å². The van der Waals surface area contributed by atoms with E-state index in [0.29, 0.717) is 0 Å². The van der Waals surface area contributed by atoms with Crippen LogP contribution in [0.3, 0.4) is 0 Å². The second-order valence-electron chi connectivity index (χ2n) is 8.40. The first-order valence-electron chi connectivity index (χ1n) is 11.3. The highest BCUT2D eigenvalue weighted by molar-refractivity contribution is 7.17. The van der Waals surface area contributed by atoms with E-state index in [-0.39, 0.29) is 11.9 Å². The van der Waals surface area contributed by atoms with E-state index < -0.39 is 0 Å². The first-order chi connectivity index (χ1) is 16.1. The van der Waals surface area contributed by atoms with Crippen LogP contribution in [0.15, 0.2) is 48.5 Å². The largest absolute Gasteiger partial charge is 0.497 e. The minimum absolute atomic E-state index is 0.0403. The Morgan fingerprint density at radius 1 is 1.09 bits per heavy atom. The average Bonchev–Trinajstić information content (AvgIpc) is 3.39. The molecule has 0 bridgehead atoms. The van der Waals surface area contributed by atoms with Crippen LogP contribution < -0.4 is 9.64 Å². The molecule has 1 atom stereocenters. The van der Waals surface area contributed by atoms with Crippen LogP contribution in [0.2, 0.25) is 0 Å². The molecule has 1 aliphatic heterocycles. The minimum Gasteiger partial charge on any atom is -0.497 e. The van der Waals surface area contributed by atoms with Crippen molar-refractivity contribution < 1.29 is 9.84 Å². The third-order valence-electron chi connectivity index (χ3n) is 6.28. The Morgan fingerprint density at radius 2 is 1.85 bits per heavy atom. The summed E-state index contributed by atoms with van der Waals surface area (Å²) < 4.78 is 6.89. The van der Waals surface area contributed by atoms with Crippen molar-refractivity contribution in [2.75, 3.05) is 38.2 Å². The fraction of sp³-hybridized carbons (Fsp3) is 0.360. The van der Waals surface area contributed by atoms with Crippen LogP contribution in [0.1, 0.15) is 34.8 Å². The number of fused-ring (bicyclic) bond motifs is 1. The number of hydrogen-bond acceptors (Lipinski definition) is 7. The molecule has 0 amide bonds. The molecule has 1 N–H and O–H groups in total. The molecule has 8 heteroatoms. The third-order valence-corrected chi connectivity index (χ3v) is 7.36. The maximum Gasteiger partial charge on any atom is 0.230 e. The van der Waals surface area contributed by atoms with E-state index in [1.165, 1.54) is 28.2 Å². The SMILES string of the molecule is CCc1nc2sc([C@@H](c3cccc(C)c3)N3CCN(c4ccc(OC)cc4)CC3)c(O)n2n1. The highest BCUT2D eigenvalue weighted by atomic mass is 32.1. The second kappa shape index (κ2) is 9.03. The number of thiazole rings is 1. The topological polar surface area (TPSA) is 66.1 Å². The molecule has 0 aliphatic carbocycles. The van der Waals surface area contributed by atoms with Crippen LogP contribution >= 0.6 is 11.3 Å². The van der Waals surface area contributed by atoms with Crippen molar-refractivity contribution in [3.05, 3.63) is 70.4 Å². The van der Waals surface area contributed by atoms with Crippen LogP contribution in [-0.2, 0) is 6.42 Å². The number of piperazine rings is 1. The lowest BCUT2D eigenvalue weighted by molar-refractivity contribution is 0.211. The molecule has 0 saturated carbocycles. The lowest BCUT2D eigenvalue weighted by atomic mass is 10.0. The number of rotatable bonds is 6. The Labute approximate surface area is 197 Å². The van der Waals surface area contributed by atoms with Crippen LogP contribution in [0.4, 0.5) is 5.69 Å². The summed E-state index contributed by atoms with van der Waals surface area (Å²) in [6, 6.07) is 16.8. The van der Waals surface area contributed by atoms with Gasteiger partial charge < -0.3 is 14.7 Å². The molecular weight excluding hydrogens is 434 g/mol. The zero-order chi connectivity index (χ0) is 22.9. The summed E-state index contributed by atoms with van der Waals surface area (Å²) in [6.07, 6.45) is 0.748. The Kier molecular flexibility index (Phi) is 5.95. The van der Waals surface area contributed by atoms with Gasteiger partial charge in [0, 0.05) is 38.3 Å². The van der Waals surface area contributed by atoms with Gasteiger partial charge in [-0.25, -0.2) is 4.98 Å².